The van der Waals surface area contributed by atoms with Crippen LogP contribution in [0.3, 0.4) is 0 Å². The van der Waals surface area contributed by atoms with Crippen LogP contribution in [0.15, 0.2) is 0 Å². The van der Waals surface area contributed by atoms with E-state index in [-0.39, 0.29) is 0 Å². The van der Waals surface area contributed by atoms with Gasteiger partial charge in [-0.2, -0.15) is 0 Å². The summed E-state index contributed by atoms with van der Waals surface area (Å²) in [5, 5.41) is 3.60. The molecule has 0 bridgehead atoms. The quantitative estimate of drug-likeness (QED) is 0.586. The predicted molar refractivity (Wildman–Crippen MR) is 64.2 cm³/mol. The lowest BCUT2D eigenvalue weighted by Crippen LogP contribution is -2.31. The first-order chi connectivity index (χ1) is 7.24. The average molecular weight is 214 g/mol. The molecule has 0 amide bonds. The number of ether oxygens (including phenoxy) is 1. The number of likely N-dealkylation sites (N-methyl/N-ethyl adjacent to an activating group) is 1. The van der Waals surface area contributed by atoms with Crippen LogP contribution >= 0.6 is 0 Å². The maximum Gasteiger partial charge on any atom is 0.0589 e. The number of nitrogens with one attached hydrogen (secondary N) is 1. The van der Waals surface area contributed by atoms with Gasteiger partial charge in [-0.25, -0.2) is 0 Å². The fourth-order valence-electron chi connectivity index (χ4n) is 1.80. The molecule has 1 aliphatic carbocycles. The molecular formula is C12H26N2O. The van der Waals surface area contributed by atoms with Gasteiger partial charge in [0.05, 0.1) is 6.61 Å². The third kappa shape index (κ3) is 6.13. The van der Waals surface area contributed by atoms with Crippen molar-refractivity contribution in [2.24, 2.45) is 5.92 Å². The highest BCUT2D eigenvalue weighted by molar-refractivity contribution is 4.82. The minimum atomic E-state index is 0.731. The van der Waals surface area contributed by atoms with E-state index in [1.807, 2.05) is 0 Å². The van der Waals surface area contributed by atoms with Crippen molar-refractivity contribution < 1.29 is 4.74 Å². The molecule has 1 saturated carbocycles. The molecular weight excluding hydrogens is 188 g/mol. The molecule has 1 rings (SSSR count). The van der Waals surface area contributed by atoms with Crippen molar-refractivity contribution in [2.45, 2.75) is 32.2 Å². The first-order valence-corrected chi connectivity index (χ1v) is 6.15. The van der Waals surface area contributed by atoms with Crippen LogP contribution in [0.4, 0.5) is 0 Å². The molecule has 1 atom stereocenters. The topological polar surface area (TPSA) is 24.5 Å². The van der Waals surface area contributed by atoms with E-state index in [9.17, 15) is 0 Å². The van der Waals surface area contributed by atoms with E-state index >= 15 is 0 Å². The van der Waals surface area contributed by atoms with E-state index in [0.717, 1.165) is 38.2 Å². The average Bonchev–Trinajstić information content (AvgIpc) is 3.04. The Bertz CT molecular complexity index is 160. The summed E-state index contributed by atoms with van der Waals surface area (Å²) in [7, 11) is 3.91. The molecule has 1 fully saturated rings. The summed E-state index contributed by atoms with van der Waals surface area (Å²) in [6, 6.07) is 0.731. The van der Waals surface area contributed by atoms with Gasteiger partial charge in [-0.15, -0.1) is 0 Å². The second kappa shape index (κ2) is 7.20. The van der Waals surface area contributed by atoms with Crippen LogP contribution in [-0.2, 0) is 4.74 Å². The minimum Gasteiger partial charge on any atom is -0.383 e. The summed E-state index contributed by atoms with van der Waals surface area (Å²) in [5.41, 5.74) is 0. The largest absolute Gasteiger partial charge is 0.383 e. The van der Waals surface area contributed by atoms with Crippen LogP contribution in [-0.4, -0.2) is 51.3 Å². The van der Waals surface area contributed by atoms with Crippen LogP contribution in [0.5, 0.6) is 0 Å². The van der Waals surface area contributed by atoms with Crippen molar-refractivity contribution in [3.05, 3.63) is 0 Å². The number of hydrogen-bond acceptors (Lipinski definition) is 3. The second-order valence-corrected chi connectivity index (χ2v) is 4.73. The van der Waals surface area contributed by atoms with Gasteiger partial charge in [0.2, 0.25) is 0 Å². The lowest BCUT2D eigenvalue weighted by atomic mass is 10.2. The van der Waals surface area contributed by atoms with E-state index in [1.54, 1.807) is 7.11 Å². The molecule has 15 heavy (non-hydrogen) atoms. The van der Waals surface area contributed by atoms with E-state index in [2.05, 4.69) is 24.2 Å². The normalized spacial score (nSPS) is 18.4. The van der Waals surface area contributed by atoms with E-state index in [4.69, 9.17) is 4.74 Å². The van der Waals surface area contributed by atoms with Gasteiger partial charge in [0.15, 0.2) is 0 Å². The molecule has 0 spiro atoms. The Balaban J connectivity index is 1.86. The Morgan fingerprint density at radius 2 is 2.13 bits per heavy atom. The van der Waals surface area contributed by atoms with Crippen LogP contribution in [0.1, 0.15) is 26.2 Å². The Morgan fingerprint density at radius 1 is 1.40 bits per heavy atom. The highest BCUT2D eigenvalue weighted by Crippen LogP contribution is 2.32. The standard InChI is InChI=1S/C12H26N2O/c1-11(12-5-6-12)13-7-4-8-14(2)9-10-15-3/h11-13H,4-10H2,1-3H3. The number of methoxy groups -OCH3 is 1. The van der Waals surface area contributed by atoms with Gasteiger partial charge in [0.25, 0.3) is 0 Å². The van der Waals surface area contributed by atoms with Gasteiger partial charge in [0.1, 0.15) is 0 Å². The molecule has 0 radical (unpaired) electrons. The lowest BCUT2D eigenvalue weighted by molar-refractivity contribution is 0.160. The third-order valence-corrected chi connectivity index (χ3v) is 3.19. The zero-order valence-electron chi connectivity index (χ0n) is 10.5. The fourth-order valence-corrected chi connectivity index (χ4v) is 1.80. The van der Waals surface area contributed by atoms with Crippen molar-refractivity contribution >= 4 is 0 Å². The lowest BCUT2D eigenvalue weighted by Gasteiger charge is -2.17. The SMILES string of the molecule is COCCN(C)CCCNC(C)C1CC1. The summed E-state index contributed by atoms with van der Waals surface area (Å²) in [6.45, 7) is 6.49. The summed E-state index contributed by atoms with van der Waals surface area (Å²) in [4.78, 5) is 2.33. The van der Waals surface area contributed by atoms with Crippen LogP contribution in [0.25, 0.3) is 0 Å². The van der Waals surface area contributed by atoms with Gasteiger partial charge >= 0.3 is 0 Å². The zero-order chi connectivity index (χ0) is 11.1. The second-order valence-electron chi connectivity index (χ2n) is 4.73. The van der Waals surface area contributed by atoms with Crippen molar-refractivity contribution in [1.82, 2.24) is 10.2 Å². The molecule has 0 aromatic rings. The van der Waals surface area contributed by atoms with Crippen LogP contribution in [0.2, 0.25) is 0 Å². The van der Waals surface area contributed by atoms with Crippen LogP contribution in [0, 0.1) is 5.92 Å². The van der Waals surface area contributed by atoms with Gasteiger partial charge in [-0.1, -0.05) is 0 Å². The van der Waals surface area contributed by atoms with Gasteiger partial charge in [0, 0.05) is 19.7 Å². The predicted octanol–water partition coefficient (Wildman–Crippen LogP) is 1.34. The molecule has 3 heteroatoms. The molecule has 1 aliphatic rings. The molecule has 0 heterocycles. The first kappa shape index (κ1) is 12.9. The van der Waals surface area contributed by atoms with Gasteiger partial charge in [-0.05, 0) is 52.2 Å². The van der Waals surface area contributed by atoms with Crippen molar-refractivity contribution in [1.29, 1.82) is 0 Å². The van der Waals surface area contributed by atoms with Crippen LogP contribution < -0.4 is 5.32 Å². The summed E-state index contributed by atoms with van der Waals surface area (Å²) in [6.07, 6.45) is 4.10. The van der Waals surface area contributed by atoms with Gasteiger partial charge < -0.3 is 15.0 Å². The molecule has 1 N–H and O–H groups in total. The number of nitrogens with zero attached hydrogens (tertiary/aromatic N) is 1. The first-order valence-electron chi connectivity index (χ1n) is 6.15. The Kier molecular flexibility index (Phi) is 6.22. The monoisotopic (exact) mass is 214 g/mol. The van der Waals surface area contributed by atoms with E-state index < -0.39 is 0 Å². The van der Waals surface area contributed by atoms with Crippen molar-refractivity contribution in [3.8, 4) is 0 Å². The number of rotatable bonds is 9. The van der Waals surface area contributed by atoms with E-state index in [1.165, 1.54) is 19.3 Å². The highest BCUT2D eigenvalue weighted by atomic mass is 16.5. The molecule has 0 aromatic heterocycles. The molecule has 0 saturated heterocycles. The molecule has 0 aromatic carbocycles. The molecule has 0 aliphatic heterocycles. The Hall–Kier alpha value is -0.120. The smallest absolute Gasteiger partial charge is 0.0589 e. The zero-order valence-corrected chi connectivity index (χ0v) is 10.5. The van der Waals surface area contributed by atoms with Crippen molar-refractivity contribution in [2.75, 3.05) is 40.4 Å². The summed E-state index contributed by atoms with van der Waals surface area (Å²) in [5.74, 6) is 0.969. The molecule has 90 valence electrons. The Labute approximate surface area is 94.2 Å². The third-order valence-electron chi connectivity index (χ3n) is 3.19. The van der Waals surface area contributed by atoms with Crippen molar-refractivity contribution in [3.63, 3.8) is 0 Å². The molecule has 1 unspecified atom stereocenters. The number of hydrogen-bond donors (Lipinski definition) is 1. The Morgan fingerprint density at radius 3 is 2.73 bits per heavy atom. The maximum atomic E-state index is 5.04. The summed E-state index contributed by atoms with van der Waals surface area (Å²) >= 11 is 0. The maximum absolute atomic E-state index is 5.04. The minimum absolute atomic E-state index is 0.731. The molecule has 3 nitrogen and oxygen atoms in total. The fraction of sp³-hybridized carbons (Fsp3) is 1.00. The van der Waals surface area contributed by atoms with Gasteiger partial charge in [-0.3, -0.25) is 0 Å². The highest BCUT2D eigenvalue weighted by Gasteiger charge is 2.26. The van der Waals surface area contributed by atoms with E-state index in [0.29, 0.717) is 0 Å². The summed E-state index contributed by atoms with van der Waals surface area (Å²) < 4.78 is 5.04.